The molecule has 0 unspecified atom stereocenters. The zero-order valence-electron chi connectivity index (χ0n) is 18.1. The van der Waals surface area contributed by atoms with E-state index in [-0.39, 0.29) is 17.5 Å². The van der Waals surface area contributed by atoms with Crippen LogP contribution in [0.5, 0.6) is 0 Å². The topological polar surface area (TPSA) is 26.3 Å². The Kier molecular flexibility index (Phi) is 8.09. The van der Waals surface area contributed by atoms with Gasteiger partial charge in [-0.05, 0) is 75.5 Å². The lowest BCUT2D eigenvalue weighted by Crippen LogP contribution is -2.40. The maximum Gasteiger partial charge on any atom is 0.312 e. The van der Waals surface area contributed by atoms with Gasteiger partial charge in [0.05, 0.1) is 5.41 Å². The summed E-state index contributed by atoms with van der Waals surface area (Å²) in [6.45, 7) is 4.52. The molecule has 3 rings (SSSR count). The molecular weight excluding hydrogens is 332 g/mol. The third-order valence-corrected chi connectivity index (χ3v) is 8.23. The fourth-order valence-corrected chi connectivity index (χ4v) is 6.53. The molecule has 0 atom stereocenters. The van der Waals surface area contributed by atoms with Gasteiger partial charge in [-0.2, -0.15) is 0 Å². The molecule has 0 radical (unpaired) electrons. The van der Waals surface area contributed by atoms with E-state index >= 15 is 0 Å². The minimum absolute atomic E-state index is 0.153. The number of carbonyl (C=O) groups is 1. The third-order valence-electron chi connectivity index (χ3n) is 8.23. The Morgan fingerprint density at radius 2 is 1.44 bits per heavy atom. The van der Waals surface area contributed by atoms with Gasteiger partial charge in [-0.25, -0.2) is 0 Å². The van der Waals surface area contributed by atoms with E-state index in [1.165, 1.54) is 70.6 Å². The van der Waals surface area contributed by atoms with Crippen LogP contribution < -0.4 is 0 Å². The van der Waals surface area contributed by atoms with E-state index in [0.29, 0.717) is 0 Å². The van der Waals surface area contributed by atoms with Crippen molar-refractivity contribution in [3.63, 3.8) is 0 Å². The van der Waals surface area contributed by atoms with Gasteiger partial charge in [0.15, 0.2) is 0 Å². The summed E-state index contributed by atoms with van der Waals surface area (Å²) in [5.74, 6) is 2.88. The van der Waals surface area contributed by atoms with Crippen molar-refractivity contribution in [2.45, 2.75) is 129 Å². The van der Waals surface area contributed by atoms with Crippen LogP contribution in [-0.2, 0) is 9.53 Å². The predicted octanol–water partition coefficient (Wildman–Crippen LogP) is 7.45. The molecule has 0 bridgehead atoms. The van der Waals surface area contributed by atoms with Gasteiger partial charge in [0, 0.05) is 0 Å². The number of rotatable bonds is 7. The summed E-state index contributed by atoms with van der Waals surface area (Å²) in [4.78, 5) is 13.2. The van der Waals surface area contributed by atoms with Crippen LogP contribution in [0.3, 0.4) is 0 Å². The van der Waals surface area contributed by atoms with Crippen LogP contribution in [0.4, 0.5) is 0 Å². The van der Waals surface area contributed by atoms with Crippen molar-refractivity contribution < 1.29 is 9.53 Å². The van der Waals surface area contributed by atoms with Crippen molar-refractivity contribution >= 4 is 5.97 Å². The SMILES string of the molecule is CCCC1CCC(OC(=O)[C@]2(CCC)CC[C@H](C3CCCCC3)CC2)CC1. The van der Waals surface area contributed by atoms with E-state index in [4.69, 9.17) is 4.74 Å². The fourth-order valence-electron chi connectivity index (χ4n) is 6.53. The molecular formula is C25H44O2. The normalized spacial score (nSPS) is 35.7. The number of hydrogen-bond acceptors (Lipinski definition) is 2. The first kappa shape index (κ1) is 21.2. The van der Waals surface area contributed by atoms with Gasteiger partial charge >= 0.3 is 5.97 Å². The highest BCUT2D eigenvalue weighted by Gasteiger charge is 2.44. The molecule has 0 aromatic heterocycles. The average molecular weight is 377 g/mol. The summed E-state index contributed by atoms with van der Waals surface area (Å²) in [6, 6.07) is 0. The van der Waals surface area contributed by atoms with Gasteiger partial charge in [-0.15, -0.1) is 0 Å². The maximum absolute atomic E-state index is 13.2. The van der Waals surface area contributed by atoms with E-state index in [2.05, 4.69) is 13.8 Å². The van der Waals surface area contributed by atoms with Crippen LogP contribution >= 0.6 is 0 Å². The van der Waals surface area contributed by atoms with E-state index in [9.17, 15) is 4.79 Å². The lowest BCUT2D eigenvalue weighted by molar-refractivity contribution is -0.167. The smallest absolute Gasteiger partial charge is 0.312 e. The van der Waals surface area contributed by atoms with E-state index in [1.807, 2.05) is 0 Å². The Hall–Kier alpha value is -0.530. The van der Waals surface area contributed by atoms with Crippen LogP contribution in [0, 0.1) is 23.2 Å². The Balaban J connectivity index is 1.51. The lowest BCUT2D eigenvalue weighted by Gasteiger charge is -2.42. The number of ether oxygens (including phenoxy) is 1. The van der Waals surface area contributed by atoms with Gasteiger partial charge in [-0.3, -0.25) is 4.79 Å². The van der Waals surface area contributed by atoms with E-state index in [1.54, 1.807) is 0 Å². The molecule has 3 aliphatic rings. The number of esters is 1. The van der Waals surface area contributed by atoms with Crippen molar-refractivity contribution in [2.24, 2.45) is 23.2 Å². The highest BCUT2D eigenvalue weighted by molar-refractivity contribution is 5.77. The van der Waals surface area contributed by atoms with Crippen molar-refractivity contribution in [3.05, 3.63) is 0 Å². The van der Waals surface area contributed by atoms with Gasteiger partial charge < -0.3 is 4.74 Å². The first-order valence-electron chi connectivity index (χ1n) is 12.4. The second kappa shape index (κ2) is 10.3. The average Bonchev–Trinajstić information content (AvgIpc) is 2.71. The predicted molar refractivity (Wildman–Crippen MR) is 113 cm³/mol. The zero-order valence-corrected chi connectivity index (χ0v) is 18.1. The van der Waals surface area contributed by atoms with E-state index < -0.39 is 0 Å². The quantitative estimate of drug-likeness (QED) is 0.431. The molecule has 2 nitrogen and oxygen atoms in total. The van der Waals surface area contributed by atoms with Gasteiger partial charge in [0.25, 0.3) is 0 Å². The molecule has 0 aromatic carbocycles. The Morgan fingerprint density at radius 3 is 2.04 bits per heavy atom. The number of carbonyl (C=O) groups excluding carboxylic acids is 1. The molecule has 0 N–H and O–H groups in total. The van der Waals surface area contributed by atoms with Crippen molar-refractivity contribution in [3.8, 4) is 0 Å². The molecule has 0 heterocycles. The molecule has 3 fully saturated rings. The highest BCUT2D eigenvalue weighted by Crippen LogP contribution is 2.48. The molecule has 3 saturated carbocycles. The van der Waals surface area contributed by atoms with Crippen LogP contribution in [0.1, 0.15) is 123 Å². The summed E-state index contributed by atoms with van der Waals surface area (Å²) in [7, 11) is 0. The monoisotopic (exact) mass is 376 g/mol. The van der Waals surface area contributed by atoms with Crippen LogP contribution in [0.15, 0.2) is 0 Å². The molecule has 27 heavy (non-hydrogen) atoms. The molecule has 0 aromatic rings. The second-order valence-electron chi connectivity index (χ2n) is 10.1. The first-order chi connectivity index (χ1) is 13.2. The van der Waals surface area contributed by atoms with Crippen molar-refractivity contribution in [2.75, 3.05) is 0 Å². The van der Waals surface area contributed by atoms with Crippen molar-refractivity contribution in [1.29, 1.82) is 0 Å². The Morgan fingerprint density at radius 1 is 0.815 bits per heavy atom. The lowest BCUT2D eigenvalue weighted by atomic mass is 9.64. The largest absolute Gasteiger partial charge is 0.462 e. The highest BCUT2D eigenvalue weighted by atomic mass is 16.5. The minimum atomic E-state index is -0.153. The number of hydrogen-bond donors (Lipinski definition) is 0. The van der Waals surface area contributed by atoms with Gasteiger partial charge in [0.1, 0.15) is 6.10 Å². The minimum Gasteiger partial charge on any atom is -0.462 e. The summed E-state index contributed by atoms with van der Waals surface area (Å²) in [5.41, 5.74) is -0.153. The fraction of sp³-hybridized carbons (Fsp3) is 0.960. The summed E-state index contributed by atoms with van der Waals surface area (Å²) in [6.07, 6.45) is 21.6. The van der Waals surface area contributed by atoms with Crippen LogP contribution in [-0.4, -0.2) is 12.1 Å². The molecule has 2 heteroatoms. The third kappa shape index (κ3) is 5.51. The van der Waals surface area contributed by atoms with Gasteiger partial charge in [-0.1, -0.05) is 65.2 Å². The Labute approximate surface area is 168 Å². The summed E-state index contributed by atoms with van der Waals surface area (Å²) in [5, 5.41) is 0. The molecule has 0 saturated heterocycles. The first-order valence-corrected chi connectivity index (χ1v) is 12.4. The molecule has 0 aliphatic heterocycles. The zero-order chi connectivity index (χ0) is 19.1. The Bertz CT molecular complexity index is 435. The van der Waals surface area contributed by atoms with Crippen LogP contribution in [0.25, 0.3) is 0 Å². The van der Waals surface area contributed by atoms with Crippen molar-refractivity contribution in [1.82, 2.24) is 0 Å². The molecule has 0 spiro atoms. The standard InChI is InChI=1S/C25H44O2/c1-3-8-20-11-13-23(14-12-20)27-24(26)25(17-4-2)18-15-22(16-19-25)21-9-6-5-7-10-21/h20-23H,3-19H2,1-2H3/t20?,22-,23?,25+. The molecule has 3 aliphatic carbocycles. The summed E-state index contributed by atoms with van der Waals surface area (Å²) < 4.78 is 6.15. The van der Waals surface area contributed by atoms with Crippen LogP contribution in [0.2, 0.25) is 0 Å². The molecule has 0 amide bonds. The van der Waals surface area contributed by atoms with E-state index in [0.717, 1.165) is 56.3 Å². The molecule has 156 valence electrons. The maximum atomic E-state index is 13.2. The van der Waals surface area contributed by atoms with Gasteiger partial charge in [0.2, 0.25) is 0 Å². The summed E-state index contributed by atoms with van der Waals surface area (Å²) >= 11 is 0. The second-order valence-corrected chi connectivity index (χ2v) is 10.1.